The van der Waals surface area contributed by atoms with Crippen molar-refractivity contribution in [2.75, 3.05) is 0 Å². The molecule has 0 saturated carbocycles. The third kappa shape index (κ3) is 3.45. The molecule has 0 aromatic rings. The average Bonchev–Trinajstić information content (AvgIpc) is 2.23. The van der Waals surface area contributed by atoms with Crippen LogP contribution < -0.4 is 0 Å². The monoisotopic (exact) mass is 208 g/mol. The maximum atomic E-state index is 2.27. The number of rotatable bonds is 0. The van der Waals surface area contributed by atoms with Gasteiger partial charge >= 0.3 is 0 Å². The predicted molar refractivity (Wildman–Crippen MR) is 69.0 cm³/mol. The average molecular weight is 208 g/mol. The first-order valence-corrected chi connectivity index (χ1v) is 8.25. The largest absolute Gasteiger partial charge is 0.0715 e. The van der Waals surface area contributed by atoms with E-state index in [-0.39, 0.29) is 8.80 Å². The summed E-state index contributed by atoms with van der Waals surface area (Å²) in [6.45, 7) is 17.8. The maximum Gasteiger partial charge on any atom is 0.0379 e. The molecule has 0 aliphatic heterocycles. The van der Waals surface area contributed by atoms with Gasteiger partial charge in [0.1, 0.15) is 0 Å². The summed E-state index contributed by atoms with van der Waals surface area (Å²) < 4.78 is 0. The molecule has 14 heavy (non-hydrogen) atoms. The van der Waals surface area contributed by atoms with Crippen molar-refractivity contribution in [2.24, 2.45) is 0 Å². The van der Waals surface area contributed by atoms with E-state index >= 15 is 0 Å². The van der Waals surface area contributed by atoms with E-state index in [9.17, 15) is 0 Å². The molecular formula is C13H24Si. The van der Waals surface area contributed by atoms with Crippen LogP contribution in [0.3, 0.4) is 0 Å². The van der Waals surface area contributed by atoms with Gasteiger partial charge in [0.2, 0.25) is 0 Å². The summed E-state index contributed by atoms with van der Waals surface area (Å²) in [6.07, 6.45) is 0. The fourth-order valence-electron chi connectivity index (χ4n) is 1.41. The molecule has 2 radical (unpaired) electrons. The molecule has 0 heterocycles. The van der Waals surface area contributed by atoms with Crippen molar-refractivity contribution in [3.05, 3.63) is 28.2 Å². The van der Waals surface area contributed by atoms with Gasteiger partial charge in [0.15, 0.2) is 0 Å². The molecule has 0 unspecified atom stereocenters. The molecule has 0 aromatic carbocycles. The lowest BCUT2D eigenvalue weighted by atomic mass is 10.00. The highest BCUT2D eigenvalue weighted by molar-refractivity contribution is 6.54. The molecule has 0 spiro atoms. The third-order valence-electron chi connectivity index (χ3n) is 2.81. The molecule has 1 aliphatic rings. The van der Waals surface area contributed by atoms with Crippen molar-refractivity contribution in [3.63, 3.8) is 0 Å². The summed E-state index contributed by atoms with van der Waals surface area (Å²) in [5.74, 6) is 1.47. The normalized spacial score (nSPS) is 17.8. The topological polar surface area (TPSA) is 0 Å². The van der Waals surface area contributed by atoms with Crippen molar-refractivity contribution in [2.45, 2.75) is 54.3 Å². The fourth-order valence-corrected chi connectivity index (χ4v) is 1.41. The van der Waals surface area contributed by atoms with E-state index in [0.717, 1.165) is 0 Å². The zero-order valence-electron chi connectivity index (χ0n) is 11.0. The minimum Gasteiger partial charge on any atom is -0.0715 e. The SMILES string of the molecule is C[C]1C(C)=C(C)C(C)=C1C.C[Si](C)C. The van der Waals surface area contributed by atoms with Crippen molar-refractivity contribution < 1.29 is 0 Å². The van der Waals surface area contributed by atoms with Crippen molar-refractivity contribution in [3.8, 4) is 0 Å². The highest BCUT2D eigenvalue weighted by Gasteiger charge is 2.19. The standard InChI is InChI=1S/C10H15.C3H9Si/c1-6-7(2)9(4)10(5)8(6)3;1-4(2)3/h1-5H3;1-3H3. The highest BCUT2D eigenvalue weighted by atomic mass is 28.3. The third-order valence-corrected chi connectivity index (χ3v) is 2.81. The van der Waals surface area contributed by atoms with Crippen LogP contribution in [0.2, 0.25) is 19.6 Å². The van der Waals surface area contributed by atoms with E-state index in [1.807, 2.05) is 0 Å². The second-order valence-electron chi connectivity index (χ2n) is 4.62. The van der Waals surface area contributed by atoms with Crippen molar-refractivity contribution in [1.82, 2.24) is 0 Å². The minimum absolute atomic E-state index is 0.120. The summed E-state index contributed by atoms with van der Waals surface area (Å²) in [7, 11) is 0.120. The minimum atomic E-state index is 0.120. The first-order chi connectivity index (χ1) is 6.29. The Bertz CT molecular complexity index is 230. The molecule has 0 nitrogen and oxygen atoms in total. The van der Waals surface area contributed by atoms with Gasteiger partial charge in [-0.3, -0.25) is 0 Å². The Hall–Kier alpha value is -0.303. The maximum absolute atomic E-state index is 2.27. The molecule has 0 saturated heterocycles. The Kier molecular flexibility index (Phi) is 5.43. The van der Waals surface area contributed by atoms with Gasteiger partial charge < -0.3 is 0 Å². The summed E-state index contributed by atoms with van der Waals surface area (Å²) in [4.78, 5) is 0. The molecule has 1 heteroatoms. The Morgan fingerprint density at radius 1 is 0.571 bits per heavy atom. The molecule has 0 amide bonds. The van der Waals surface area contributed by atoms with Crippen LogP contribution in [0.25, 0.3) is 0 Å². The summed E-state index contributed by atoms with van der Waals surface area (Å²) in [5, 5.41) is 0. The molecule has 0 bridgehead atoms. The van der Waals surface area contributed by atoms with Gasteiger partial charge in [-0.2, -0.15) is 0 Å². The van der Waals surface area contributed by atoms with Gasteiger partial charge in [-0.25, -0.2) is 0 Å². The van der Waals surface area contributed by atoms with Crippen LogP contribution >= 0.6 is 0 Å². The highest BCUT2D eigenvalue weighted by Crippen LogP contribution is 2.37. The smallest absolute Gasteiger partial charge is 0.0379 e. The zero-order valence-corrected chi connectivity index (χ0v) is 12.0. The Morgan fingerprint density at radius 3 is 0.857 bits per heavy atom. The van der Waals surface area contributed by atoms with Crippen molar-refractivity contribution in [1.29, 1.82) is 0 Å². The zero-order chi connectivity index (χ0) is 11.5. The van der Waals surface area contributed by atoms with E-state index in [1.165, 1.54) is 28.2 Å². The van der Waals surface area contributed by atoms with E-state index in [4.69, 9.17) is 0 Å². The van der Waals surface area contributed by atoms with Crippen LogP contribution in [0, 0.1) is 5.92 Å². The number of hydrogen-bond donors (Lipinski definition) is 0. The molecule has 0 aromatic heterocycles. The first kappa shape index (κ1) is 13.7. The van der Waals surface area contributed by atoms with Gasteiger partial charge in [-0.1, -0.05) is 37.7 Å². The number of allylic oxidation sites excluding steroid dienone is 4. The fraction of sp³-hybridized carbons (Fsp3) is 0.615. The predicted octanol–water partition coefficient (Wildman–Crippen LogP) is 4.64. The Balaban J connectivity index is 0.000000364. The van der Waals surface area contributed by atoms with Crippen LogP contribution in [0.15, 0.2) is 22.3 Å². The van der Waals surface area contributed by atoms with Gasteiger partial charge in [-0.15, -0.1) is 0 Å². The molecule has 80 valence electrons. The van der Waals surface area contributed by atoms with Crippen LogP contribution in [-0.2, 0) is 0 Å². The van der Waals surface area contributed by atoms with Crippen molar-refractivity contribution >= 4 is 8.80 Å². The second-order valence-corrected chi connectivity index (χ2v) is 7.62. The van der Waals surface area contributed by atoms with Crippen LogP contribution in [0.4, 0.5) is 0 Å². The van der Waals surface area contributed by atoms with Crippen LogP contribution in [0.5, 0.6) is 0 Å². The van der Waals surface area contributed by atoms with Gasteiger partial charge in [0.05, 0.1) is 0 Å². The number of hydrogen-bond acceptors (Lipinski definition) is 0. The summed E-state index contributed by atoms with van der Waals surface area (Å²) >= 11 is 0. The van der Waals surface area contributed by atoms with Gasteiger partial charge in [0, 0.05) is 14.7 Å². The molecule has 1 aliphatic carbocycles. The lowest BCUT2D eigenvalue weighted by molar-refractivity contribution is 1.14. The van der Waals surface area contributed by atoms with E-state index < -0.39 is 0 Å². The summed E-state index contributed by atoms with van der Waals surface area (Å²) in [6, 6.07) is 0. The molecule has 0 atom stereocenters. The van der Waals surface area contributed by atoms with Gasteiger partial charge in [-0.05, 0) is 38.8 Å². The first-order valence-electron chi connectivity index (χ1n) is 5.25. The van der Waals surface area contributed by atoms with Crippen LogP contribution in [0.1, 0.15) is 34.6 Å². The van der Waals surface area contributed by atoms with E-state index in [1.54, 1.807) is 0 Å². The Morgan fingerprint density at radius 2 is 0.786 bits per heavy atom. The molecular weight excluding hydrogens is 184 g/mol. The Labute approximate surface area is 91.7 Å². The summed E-state index contributed by atoms with van der Waals surface area (Å²) in [5.41, 5.74) is 5.87. The van der Waals surface area contributed by atoms with E-state index in [2.05, 4.69) is 54.3 Å². The lowest BCUT2D eigenvalue weighted by Crippen LogP contribution is -1.89. The molecule has 0 N–H and O–H groups in total. The van der Waals surface area contributed by atoms with Crippen LogP contribution in [-0.4, -0.2) is 8.80 Å². The van der Waals surface area contributed by atoms with E-state index in [0.29, 0.717) is 0 Å². The lowest BCUT2D eigenvalue weighted by Gasteiger charge is -2.04. The van der Waals surface area contributed by atoms with Gasteiger partial charge in [0.25, 0.3) is 0 Å². The quantitative estimate of drug-likeness (QED) is 0.509. The second kappa shape index (κ2) is 5.55. The molecule has 0 fully saturated rings. The molecule has 1 rings (SSSR count).